The molecule has 3 N–H and O–H groups in total. The van der Waals surface area contributed by atoms with Crippen molar-refractivity contribution in [3.8, 4) is 0 Å². The number of guanidine groups is 1. The van der Waals surface area contributed by atoms with E-state index in [9.17, 15) is 14.4 Å². The summed E-state index contributed by atoms with van der Waals surface area (Å²) in [7, 11) is 3.13. The molecule has 0 bridgehead atoms. The van der Waals surface area contributed by atoms with E-state index in [1.54, 1.807) is 19.1 Å². The first kappa shape index (κ1) is 33.3. The van der Waals surface area contributed by atoms with Crippen LogP contribution in [-0.2, 0) is 57.0 Å². The molecule has 0 spiro atoms. The minimum atomic E-state index is -0.853. The van der Waals surface area contributed by atoms with Crippen molar-refractivity contribution in [1.82, 2.24) is 10.2 Å². The van der Waals surface area contributed by atoms with E-state index < -0.39 is 30.3 Å². The normalized spacial score (nSPS) is 18.0. The van der Waals surface area contributed by atoms with Gasteiger partial charge in [0.15, 0.2) is 18.2 Å². The second kappa shape index (κ2) is 20.0. The maximum absolute atomic E-state index is 12.1. The first-order valence-electron chi connectivity index (χ1n) is 12.6. The van der Waals surface area contributed by atoms with E-state index in [4.69, 9.17) is 48.4 Å². The molecule has 0 radical (unpaired) electrons. The zero-order valence-electron chi connectivity index (χ0n) is 22.8. The Balaban J connectivity index is 1.76. The summed E-state index contributed by atoms with van der Waals surface area (Å²) in [5.41, 5.74) is 5.65. The van der Waals surface area contributed by atoms with Crippen LogP contribution in [0.15, 0.2) is 9.98 Å². The first-order valence-corrected chi connectivity index (χ1v) is 12.6. The number of ether oxygens (including phenoxy) is 9. The van der Waals surface area contributed by atoms with Crippen LogP contribution in [0.5, 0.6) is 0 Å². The number of nitrogens with zero attached hydrogens (tertiary/aromatic N) is 3. The fourth-order valence-corrected chi connectivity index (χ4v) is 3.14. The van der Waals surface area contributed by atoms with Crippen LogP contribution in [0.4, 0.5) is 0 Å². The third-order valence-electron chi connectivity index (χ3n) is 5.16. The van der Waals surface area contributed by atoms with Gasteiger partial charge in [0.2, 0.25) is 0 Å². The van der Waals surface area contributed by atoms with E-state index in [2.05, 4.69) is 15.3 Å². The molecule has 2 aliphatic heterocycles. The van der Waals surface area contributed by atoms with Gasteiger partial charge in [-0.05, 0) is 0 Å². The molecule has 17 heteroatoms. The number of carbonyl (C=O) groups excluding carboxylic acids is 3. The Morgan fingerprint density at radius 3 is 1.98 bits per heavy atom. The average molecular weight is 578 g/mol. The molecule has 2 atom stereocenters. The molecular formula is C23H39N5O12. The number of fused-ring (bicyclic) bond motifs is 1. The second-order valence-corrected chi connectivity index (χ2v) is 8.24. The molecule has 2 rings (SSSR count). The molecule has 17 nitrogen and oxygen atoms in total. The number of amides is 1. The second-order valence-electron chi connectivity index (χ2n) is 8.24. The van der Waals surface area contributed by atoms with E-state index in [0.29, 0.717) is 39.6 Å². The molecule has 0 aromatic heterocycles. The van der Waals surface area contributed by atoms with Gasteiger partial charge < -0.3 is 53.3 Å². The van der Waals surface area contributed by atoms with E-state index in [-0.39, 0.29) is 58.2 Å². The Morgan fingerprint density at radius 1 is 0.900 bits per heavy atom. The lowest BCUT2D eigenvalue weighted by Gasteiger charge is -2.28. The van der Waals surface area contributed by atoms with Gasteiger partial charge in [-0.2, -0.15) is 0 Å². The number of hydrogen-bond acceptors (Lipinski definition) is 16. The molecule has 40 heavy (non-hydrogen) atoms. The molecule has 2 unspecified atom stereocenters. The summed E-state index contributed by atoms with van der Waals surface area (Å²) in [4.78, 5) is 46.1. The molecule has 228 valence electrons. The predicted octanol–water partition coefficient (Wildman–Crippen LogP) is -2.74. The molecule has 1 amide bonds. The smallest absolute Gasteiger partial charge is 0.332 e. The van der Waals surface area contributed by atoms with Crippen molar-refractivity contribution in [2.45, 2.75) is 18.3 Å². The fraction of sp³-hybridized carbons (Fsp3) is 0.783. The summed E-state index contributed by atoms with van der Waals surface area (Å²) < 4.78 is 46.9. The van der Waals surface area contributed by atoms with Gasteiger partial charge in [0.25, 0.3) is 5.91 Å². The standard InChI is InChI=1S/C23H39N5O12/c1-32-3-5-34-7-9-36-13-18(29)38-11-17(12-39-19(30)14-37-10-8-35-6-4-33-2)40-16-28-15-25-20-21(28)26-23(24)27-22(20)31/h15,17,20-21H,3-14,16H2,1-2H3,(H3,24,26,27,31). The van der Waals surface area contributed by atoms with Gasteiger partial charge in [0.05, 0.1) is 59.2 Å². The number of nitrogens with one attached hydrogen (secondary N) is 1. The number of nitrogens with two attached hydrogens (primary N) is 1. The molecule has 0 aromatic rings. The highest BCUT2D eigenvalue weighted by Crippen LogP contribution is 2.18. The Labute approximate surface area is 232 Å². The lowest BCUT2D eigenvalue weighted by atomic mass is 10.2. The maximum atomic E-state index is 12.1. The third-order valence-corrected chi connectivity index (χ3v) is 5.16. The zero-order valence-corrected chi connectivity index (χ0v) is 22.8. The molecule has 2 aliphatic rings. The number of rotatable bonds is 23. The number of carbonyl (C=O) groups is 3. The summed E-state index contributed by atoms with van der Waals surface area (Å²) in [5, 5.41) is 2.41. The largest absolute Gasteiger partial charge is 0.461 e. The molecule has 2 heterocycles. The highest BCUT2D eigenvalue weighted by atomic mass is 16.6. The Morgan fingerprint density at radius 2 is 1.43 bits per heavy atom. The van der Waals surface area contributed by atoms with Gasteiger partial charge in [-0.1, -0.05) is 0 Å². The molecule has 0 aromatic carbocycles. The summed E-state index contributed by atoms with van der Waals surface area (Å²) in [6.07, 6.45) is -0.121. The highest BCUT2D eigenvalue weighted by Gasteiger charge is 2.39. The monoisotopic (exact) mass is 577 g/mol. The van der Waals surface area contributed by atoms with Crippen molar-refractivity contribution in [3.05, 3.63) is 0 Å². The minimum Gasteiger partial charge on any atom is -0.461 e. The molecule has 0 fully saturated rings. The summed E-state index contributed by atoms with van der Waals surface area (Å²) in [5.74, 6) is -1.70. The molecular weight excluding hydrogens is 538 g/mol. The molecule has 0 saturated carbocycles. The number of aliphatic imine (C=N–C) groups is 2. The van der Waals surface area contributed by atoms with Crippen LogP contribution in [0.25, 0.3) is 0 Å². The summed E-state index contributed by atoms with van der Waals surface area (Å²) in [6, 6.07) is -0.767. The Bertz CT molecular complexity index is 796. The van der Waals surface area contributed by atoms with Gasteiger partial charge in [-0.3, -0.25) is 15.1 Å². The van der Waals surface area contributed by atoms with Gasteiger partial charge >= 0.3 is 11.9 Å². The lowest BCUT2D eigenvalue weighted by molar-refractivity contribution is -0.163. The Hall–Kier alpha value is -2.93. The molecule has 0 saturated heterocycles. The molecule has 0 aliphatic carbocycles. The highest BCUT2D eigenvalue weighted by molar-refractivity contribution is 6.02. The van der Waals surface area contributed by atoms with Crippen molar-refractivity contribution < 1.29 is 57.0 Å². The van der Waals surface area contributed by atoms with Gasteiger partial charge in [-0.25, -0.2) is 14.6 Å². The van der Waals surface area contributed by atoms with Crippen LogP contribution in [0.1, 0.15) is 0 Å². The van der Waals surface area contributed by atoms with Crippen LogP contribution >= 0.6 is 0 Å². The van der Waals surface area contributed by atoms with E-state index in [0.717, 1.165) is 0 Å². The van der Waals surface area contributed by atoms with Crippen LogP contribution in [0.2, 0.25) is 0 Å². The number of esters is 2. The summed E-state index contributed by atoms with van der Waals surface area (Å²) >= 11 is 0. The minimum absolute atomic E-state index is 0.0330. The van der Waals surface area contributed by atoms with Crippen LogP contribution in [-0.4, -0.2) is 154 Å². The number of methoxy groups -OCH3 is 2. The van der Waals surface area contributed by atoms with Crippen LogP contribution < -0.4 is 11.1 Å². The first-order chi connectivity index (χ1) is 19.4. The van der Waals surface area contributed by atoms with Crippen molar-refractivity contribution in [3.63, 3.8) is 0 Å². The van der Waals surface area contributed by atoms with Gasteiger partial charge in [-0.15, -0.1) is 0 Å². The van der Waals surface area contributed by atoms with E-state index in [1.165, 1.54) is 6.34 Å². The quantitative estimate of drug-likeness (QED) is 0.0935. The average Bonchev–Trinajstić information content (AvgIpc) is 3.34. The van der Waals surface area contributed by atoms with Gasteiger partial charge in [0, 0.05) is 14.2 Å². The van der Waals surface area contributed by atoms with Crippen LogP contribution in [0, 0.1) is 0 Å². The van der Waals surface area contributed by atoms with E-state index >= 15 is 0 Å². The lowest BCUT2D eigenvalue weighted by Crippen LogP contribution is -2.54. The van der Waals surface area contributed by atoms with Crippen LogP contribution in [0.3, 0.4) is 0 Å². The fourth-order valence-electron chi connectivity index (χ4n) is 3.14. The van der Waals surface area contributed by atoms with Crippen molar-refractivity contribution in [2.24, 2.45) is 15.7 Å². The zero-order chi connectivity index (χ0) is 29.0. The summed E-state index contributed by atoms with van der Waals surface area (Å²) in [6.45, 7) is 1.57. The van der Waals surface area contributed by atoms with E-state index in [1.807, 2.05) is 0 Å². The van der Waals surface area contributed by atoms with Crippen molar-refractivity contribution in [1.29, 1.82) is 0 Å². The number of hydrogen-bond donors (Lipinski definition) is 2. The van der Waals surface area contributed by atoms with Crippen molar-refractivity contribution in [2.75, 3.05) is 100 Å². The Kier molecular flexibility index (Phi) is 16.7. The van der Waals surface area contributed by atoms with Crippen molar-refractivity contribution >= 4 is 30.1 Å². The maximum Gasteiger partial charge on any atom is 0.332 e. The van der Waals surface area contributed by atoms with Gasteiger partial charge in [0.1, 0.15) is 39.3 Å². The SMILES string of the molecule is COCCOCCOCC(=O)OCC(COC(=O)COCCOCCOC)OCN1C=NC2C(=O)NC(N)=NC21. The predicted molar refractivity (Wildman–Crippen MR) is 136 cm³/mol. The third kappa shape index (κ3) is 13.4. The topological polar surface area (TPSA) is 200 Å².